The average molecular weight is 409 g/mol. The molecule has 6 heteroatoms. The predicted molar refractivity (Wildman–Crippen MR) is 126 cm³/mol. The van der Waals surface area contributed by atoms with Gasteiger partial charge in [-0.15, -0.1) is 0 Å². The number of nitrogens with zero attached hydrogens (tertiary/aromatic N) is 2. The molecule has 1 saturated heterocycles. The summed E-state index contributed by atoms with van der Waals surface area (Å²) >= 11 is 0. The summed E-state index contributed by atoms with van der Waals surface area (Å²) < 4.78 is 10.9. The molecule has 0 unspecified atom stereocenters. The Labute approximate surface area is 179 Å². The van der Waals surface area contributed by atoms with Crippen molar-refractivity contribution in [3.05, 3.63) is 42.5 Å². The van der Waals surface area contributed by atoms with Gasteiger partial charge in [0, 0.05) is 61.6 Å². The second-order valence-electron chi connectivity index (χ2n) is 6.81. The lowest BCUT2D eigenvalue weighted by molar-refractivity contribution is 0.356. The van der Waals surface area contributed by atoms with Gasteiger partial charge < -0.3 is 25.0 Å². The lowest BCUT2D eigenvalue weighted by Crippen LogP contribution is -2.43. The highest BCUT2D eigenvalue weighted by atomic mass is 16.5. The molecule has 1 fully saturated rings. The molecule has 0 amide bonds. The molecule has 160 valence electrons. The highest BCUT2D eigenvalue weighted by molar-refractivity contribution is 5.96. The zero-order valence-electron chi connectivity index (χ0n) is 18.6. The fraction of sp³-hybridized carbons (Fsp3) is 0.375. The van der Waals surface area contributed by atoms with Crippen molar-refractivity contribution in [2.45, 2.75) is 13.8 Å². The minimum Gasteiger partial charge on any atom is -0.493 e. The molecule has 2 heterocycles. The first kappa shape index (κ1) is 21.7. The zero-order valence-corrected chi connectivity index (χ0v) is 18.6. The molecule has 0 atom stereocenters. The number of piperazine rings is 1. The Balaban J connectivity index is 0.00000124. The fourth-order valence-corrected chi connectivity index (χ4v) is 3.67. The first-order valence-corrected chi connectivity index (χ1v) is 10.5. The van der Waals surface area contributed by atoms with Crippen molar-refractivity contribution in [1.29, 1.82) is 0 Å². The van der Waals surface area contributed by atoms with E-state index in [4.69, 9.17) is 14.5 Å². The van der Waals surface area contributed by atoms with Crippen LogP contribution in [0.25, 0.3) is 22.2 Å². The van der Waals surface area contributed by atoms with E-state index in [9.17, 15) is 0 Å². The average Bonchev–Trinajstić information content (AvgIpc) is 2.84. The van der Waals surface area contributed by atoms with Crippen LogP contribution in [-0.4, -0.2) is 52.4 Å². The smallest absolute Gasteiger partial charge is 0.162 e. The number of ether oxygens (including phenoxy) is 2. The number of fused-ring (bicyclic) bond motifs is 1. The SMILES string of the molecule is CC.CNc1cc(-c2ccc(N3CCNCC3)cc2)nc2cc(OC)c(OC)cc12. The van der Waals surface area contributed by atoms with E-state index in [-0.39, 0.29) is 0 Å². The molecule has 0 aliphatic carbocycles. The zero-order chi connectivity index (χ0) is 21.5. The molecule has 0 saturated carbocycles. The molecule has 3 aromatic rings. The van der Waals surface area contributed by atoms with Gasteiger partial charge in [0.05, 0.1) is 25.4 Å². The van der Waals surface area contributed by atoms with Gasteiger partial charge in [0.15, 0.2) is 11.5 Å². The van der Waals surface area contributed by atoms with Gasteiger partial charge in [-0.05, 0) is 24.3 Å². The molecular formula is C24H32N4O2. The number of hydrogen-bond acceptors (Lipinski definition) is 6. The van der Waals surface area contributed by atoms with Crippen molar-refractivity contribution in [3.63, 3.8) is 0 Å². The molecule has 30 heavy (non-hydrogen) atoms. The molecule has 2 N–H and O–H groups in total. The van der Waals surface area contributed by atoms with Crippen molar-refractivity contribution in [3.8, 4) is 22.8 Å². The van der Waals surface area contributed by atoms with E-state index in [1.54, 1.807) is 14.2 Å². The first-order chi connectivity index (χ1) is 14.7. The lowest BCUT2D eigenvalue weighted by Gasteiger charge is -2.29. The van der Waals surface area contributed by atoms with E-state index in [0.717, 1.165) is 54.0 Å². The van der Waals surface area contributed by atoms with Crippen molar-refractivity contribution >= 4 is 22.3 Å². The summed E-state index contributed by atoms with van der Waals surface area (Å²) in [6, 6.07) is 14.6. The highest BCUT2D eigenvalue weighted by Crippen LogP contribution is 2.36. The summed E-state index contributed by atoms with van der Waals surface area (Å²) in [5, 5.41) is 7.67. The second kappa shape index (κ2) is 10.2. The number of anilines is 2. The van der Waals surface area contributed by atoms with E-state index < -0.39 is 0 Å². The summed E-state index contributed by atoms with van der Waals surface area (Å²) in [5.74, 6) is 1.37. The van der Waals surface area contributed by atoms with Gasteiger partial charge in [-0.3, -0.25) is 0 Å². The number of nitrogens with one attached hydrogen (secondary N) is 2. The van der Waals surface area contributed by atoms with Crippen LogP contribution in [-0.2, 0) is 0 Å². The molecule has 2 aromatic carbocycles. The van der Waals surface area contributed by atoms with E-state index in [0.29, 0.717) is 11.5 Å². The van der Waals surface area contributed by atoms with Crippen LogP contribution in [0, 0.1) is 0 Å². The van der Waals surface area contributed by atoms with E-state index in [1.807, 2.05) is 33.0 Å². The highest BCUT2D eigenvalue weighted by Gasteiger charge is 2.14. The molecule has 1 aliphatic heterocycles. The Morgan fingerprint density at radius 2 is 1.57 bits per heavy atom. The number of rotatable bonds is 5. The number of pyridine rings is 1. The second-order valence-corrected chi connectivity index (χ2v) is 6.81. The maximum atomic E-state index is 5.45. The maximum absolute atomic E-state index is 5.45. The molecule has 1 aromatic heterocycles. The van der Waals surface area contributed by atoms with Gasteiger partial charge in [0.2, 0.25) is 0 Å². The van der Waals surface area contributed by atoms with Crippen LogP contribution >= 0.6 is 0 Å². The normalized spacial score (nSPS) is 13.4. The summed E-state index contributed by atoms with van der Waals surface area (Å²) in [7, 11) is 5.20. The van der Waals surface area contributed by atoms with Crippen molar-refractivity contribution < 1.29 is 9.47 Å². The number of hydrogen-bond donors (Lipinski definition) is 2. The molecular weight excluding hydrogens is 376 g/mol. The standard InChI is InChI=1S/C22H26N4O2.C2H6/c1-23-19-13-18(25-20-14-22(28-3)21(27-2)12-17(19)20)15-4-6-16(7-5-15)26-10-8-24-9-11-26;1-2/h4-7,12-14,24H,8-11H2,1-3H3,(H,23,25);1-2H3. The summed E-state index contributed by atoms with van der Waals surface area (Å²) in [6.45, 7) is 8.15. The minimum atomic E-state index is 0.677. The third-order valence-electron chi connectivity index (χ3n) is 5.23. The van der Waals surface area contributed by atoms with E-state index >= 15 is 0 Å². The van der Waals surface area contributed by atoms with Crippen molar-refractivity contribution in [1.82, 2.24) is 10.3 Å². The van der Waals surface area contributed by atoms with Crippen molar-refractivity contribution in [2.24, 2.45) is 0 Å². The largest absolute Gasteiger partial charge is 0.493 e. The van der Waals surface area contributed by atoms with Gasteiger partial charge in [-0.25, -0.2) is 4.98 Å². The van der Waals surface area contributed by atoms with Crippen molar-refractivity contribution in [2.75, 3.05) is 57.7 Å². The van der Waals surface area contributed by atoms with Crippen LogP contribution in [0.1, 0.15) is 13.8 Å². The fourth-order valence-electron chi connectivity index (χ4n) is 3.67. The number of aromatic nitrogens is 1. The third kappa shape index (κ3) is 4.44. The van der Waals surface area contributed by atoms with Crippen LogP contribution in [0.2, 0.25) is 0 Å². The Kier molecular flexibility index (Phi) is 7.36. The maximum Gasteiger partial charge on any atom is 0.162 e. The lowest BCUT2D eigenvalue weighted by atomic mass is 10.1. The molecule has 0 bridgehead atoms. The molecule has 1 aliphatic rings. The topological polar surface area (TPSA) is 58.7 Å². The van der Waals surface area contributed by atoms with Gasteiger partial charge in [-0.2, -0.15) is 0 Å². The Morgan fingerprint density at radius 1 is 0.933 bits per heavy atom. The Bertz CT molecular complexity index is 967. The summed E-state index contributed by atoms with van der Waals surface area (Å²) in [4.78, 5) is 7.29. The van der Waals surface area contributed by atoms with Gasteiger partial charge >= 0.3 is 0 Å². The first-order valence-electron chi connectivity index (χ1n) is 10.5. The van der Waals surface area contributed by atoms with Gasteiger partial charge in [-0.1, -0.05) is 26.0 Å². The quantitative estimate of drug-likeness (QED) is 0.653. The molecule has 0 radical (unpaired) electrons. The summed E-state index contributed by atoms with van der Waals surface area (Å²) in [5.41, 5.74) is 5.15. The number of benzene rings is 2. The monoisotopic (exact) mass is 408 g/mol. The van der Waals surface area contributed by atoms with Crippen LogP contribution < -0.4 is 25.0 Å². The number of methoxy groups -OCH3 is 2. The molecule has 4 rings (SSSR count). The molecule has 0 spiro atoms. The molecule has 6 nitrogen and oxygen atoms in total. The van der Waals surface area contributed by atoms with Crippen LogP contribution in [0.3, 0.4) is 0 Å². The van der Waals surface area contributed by atoms with Crippen LogP contribution in [0.5, 0.6) is 11.5 Å². The predicted octanol–water partition coefficient (Wildman–Crippen LogP) is 4.40. The van der Waals surface area contributed by atoms with Crippen LogP contribution in [0.15, 0.2) is 42.5 Å². The van der Waals surface area contributed by atoms with Crippen LogP contribution in [0.4, 0.5) is 11.4 Å². The van der Waals surface area contributed by atoms with Gasteiger partial charge in [0.1, 0.15) is 0 Å². The van der Waals surface area contributed by atoms with E-state index in [1.165, 1.54) is 5.69 Å². The Morgan fingerprint density at radius 3 is 2.17 bits per heavy atom. The third-order valence-corrected chi connectivity index (χ3v) is 5.23. The summed E-state index contributed by atoms with van der Waals surface area (Å²) in [6.07, 6.45) is 0. The van der Waals surface area contributed by atoms with E-state index in [2.05, 4.69) is 45.9 Å². The minimum absolute atomic E-state index is 0.677. The Hall–Kier alpha value is -2.99. The van der Waals surface area contributed by atoms with Gasteiger partial charge in [0.25, 0.3) is 0 Å².